The molecular weight excluding hydrogens is 348 g/mol. The SMILES string of the molecule is CCCNC(=O)c1ccc(-c2cccc(C(=O)NCC3CCOC3)c2)s1. The second kappa shape index (κ2) is 8.96. The monoisotopic (exact) mass is 372 g/mol. The Morgan fingerprint density at radius 1 is 1.19 bits per heavy atom. The summed E-state index contributed by atoms with van der Waals surface area (Å²) in [7, 11) is 0. The van der Waals surface area contributed by atoms with E-state index in [9.17, 15) is 9.59 Å². The fraction of sp³-hybridized carbons (Fsp3) is 0.400. The van der Waals surface area contributed by atoms with Crippen LogP contribution in [-0.4, -0.2) is 38.1 Å². The molecular formula is C20H24N2O3S. The van der Waals surface area contributed by atoms with Crippen molar-refractivity contribution in [3.8, 4) is 10.4 Å². The van der Waals surface area contributed by atoms with Gasteiger partial charge >= 0.3 is 0 Å². The van der Waals surface area contributed by atoms with Crippen LogP contribution in [0.5, 0.6) is 0 Å². The van der Waals surface area contributed by atoms with E-state index in [-0.39, 0.29) is 11.8 Å². The Labute approximate surface area is 157 Å². The molecule has 1 fully saturated rings. The summed E-state index contributed by atoms with van der Waals surface area (Å²) in [6, 6.07) is 11.3. The van der Waals surface area contributed by atoms with Gasteiger partial charge in [0.15, 0.2) is 0 Å². The number of ether oxygens (including phenoxy) is 1. The lowest BCUT2D eigenvalue weighted by molar-refractivity contribution is 0.0941. The molecule has 2 amide bonds. The number of carbonyl (C=O) groups is 2. The van der Waals surface area contributed by atoms with Gasteiger partial charge in [0.2, 0.25) is 0 Å². The normalized spacial score (nSPS) is 16.4. The molecule has 1 saturated heterocycles. The molecule has 6 heteroatoms. The van der Waals surface area contributed by atoms with Crippen LogP contribution < -0.4 is 10.6 Å². The van der Waals surface area contributed by atoms with Crippen LogP contribution in [0, 0.1) is 5.92 Å². The van der Waals surface area contributed by atoms with E-state index in [1.165, 1.54) is 11.3 Å². The number of rotatable bonds is 7. The van der Waals surface area contributed by atoms with Crippen LogP contribution in [0.1, 0.15) is 39.8 Å². The van der Waals surface area contributed by atoms with Gasteiger partial charge in [0, 0.05) is 36.1 Å². The maximum absolute atomic E-state index is 12.4. The highest BCUT2D eigenvalue weighted by molar-refractivity contribution is 7.17. The predicted molar refractivity (Wildman–Crippen MR) is 104 cm³/mol. The standard InChI is InChI=1S/C20H24N2O3S/c1-2-9-21-20(24)18-7-6-17(26-18)15-4-3-5-16(11-15)19(23)22-12-14-8-10-25-13-14/h3-7,11,14H,2,8-10,12-13H2,1H3,(H,21,24)(H,22,23). The minimum atomic E-state index is -0.0729. The fourth-order valence-corrected chi connectivity index (χ4v) is 3.76. The van der Waals surface area contributed by atoms with Crippen molar-refractivity contribution >= 4 is 23.2 Å². The average Bonchev–Trinajstić information content (AvgIpc) is 3.36. The maximum Gasteiger partial charge on any atom is 0.261 e. The number of thiophene rings is 1. The summed E-state index contributed by atoms with van der Waals surface area (Å²) >= 11 is 1.44. The molecule has 0 bridgehead atoms. The first-order valence-electron chi connectivity index (χ1n) is 9.01. The minimum Gasteiger partial charge on any atom is -0.381 e. The first-order chi connectivity index (χ1) is 12.7. The van der Waals surface area contributed by atoms with E-state index in [2.05, 4.69) is 10.6 Å². The molecule has 1 aromatic carbocycles. The van der Waals surface area contributed by atoms with E-state index in [0.717, 1.165) is 36.5 Å². The van der Waals surface area contributed by atoms with Crippen LogP contribution in [0.3, 0.4) is 0 Å². The lowest BCUT2D eigenvalue weighted by atomic mass is 10.1. The van der Waals surface area contributed by atoms with Gasteiger partial charge in [-0.25, -0.2) is 0 Å². The molecule has 1 unspecified atom stereocenters. The Balaban J connectivity index is 1.66. The molecule has 1 aromatic heterocycles. The van der Waals surface area contributed by atoms with Gasteiger partial charge in [-0.2, -0.15) is 0 Å². The highest BCUT2D eigenvalue weighted by Crippen LogP contribution is 2.28. The Bertz CT molecular complexity index is 766. The van der Waals surface area contributed by atoms with Crippen molar-refractivity contribution < 1.29 is 14.3 Å². The molecule has 2 aromatic rings. The van der Waals surface area contributed by atoms with Crippen LogP contribution in [0.2, 0.25) is 0 Å². The Kier molecular flexibility index (Phi) is 6.41. The molecule has 1 atom stereocenters. The second-order valence-corrected chi connectivity index (χ2v) is 7.52. The second-order valence-electron chi connectivity index (χ2n) is 6.44. The Morgan fingerprint density at radius 3 is 2.85 bits per heavy atom. The smallest absolute Gasteiger partial charge is 0.261 e. The van der Waals surface area contributed by atoms with Crippen LogP contribution in [0.15, 0.2) is 36.4 Å². The lowest BCUT2D eigenvalue weighted by Gasteiger charge is -2.10. The molecule has 0 saturated carbocycles. The number of benzene rings is 1. The van der Waals surface area contributed by atoms with E-state index in [1.807, 2.05) is 43.3 Å². The van der Waals surface area contributed by atoms with Crippen molar-refractivity contribution in [2.24, 2.45) is 5.92 Å². The van der Waals surface area contributed by atoms with Crippen molar-refractivity contribution in [1.82, 2.24) is 10.6 Å². The third kappa shape index (κ3) is 4.71. The van der Waals surface area contributed by atoms with Gasteiger partial charge in [-0.15, -0.1) is 11.3 Å². The molecule has 3 rings (SSSR count). The summed E-state index contributed by atoms with van der Waals surface area (Å²) in [5, 5.41) is 5.87. The highest BCUT2D eigenvalue weighted by atomic mass is 32.1. The predicted octanol–water partition coefficient (Wildman–Crippen LogP) is 3.32. The summed E-state index contributed by atoms with van der Waals surface area (Å²) in [5.74, 6) is 0.288. The van der Waals surface area contributed by atoms with Crippen LogP contribution >= 0.6 is 11.3 Å². The van der Waals surface area contributed by atoms with Crippen molar-refractivity contribution in [3.05, 3.63) is 46.8 Å². The van der Waals surface area contributed by atoms with Gasteiger partial charge in [0.1, 0.15) is 0 Å². The van der Waals surface area contributed by atoms with Gasteiger partial charge in [-0.05, 0) is 42.7 Å². The summed E-state index contributed by atoms with van der Waals surface area (Å²) in [6.45, 7) is 4.84. The van der Waals surface area contributed by atoms with E-state index in [0.29, 0.717) is 29.4 Å². The third-order valence-electron chi connectivity index (χ3n) is 4.35. The quantitative estimate of drug-likeness (QED) is 0.783. The van der Waals surface area contributed by atoms with Crippen LogP contribution in [0.4, 0.5) is 0 Å². The molecule has 2 heterocycles. The zero-order chi connectivity index (χ0) is 18.4. The molecule has 1 aliphatic heterocycles. The van der Waals surface area contributed by atoms with Gasteiger partial charge in [-0.3, -0.25) is 9.59 Å². The molecule has 1 aliphatic rings. The number of hydrogen-bond donors (Lipinski definition) is 2. The van der Waals surface area contributed by atoms with Crippen LogP contribution in [0.25, 0.3) is 10.4 Å². The Hall–Kier alpha value is -2.18. The van der Waals surface area contributed by atoms with Crippen molar-refractivity contribution in [1.29, 1.82) is 0 Å². The number of carbonyl (C=O) groups excluding carboxylic acids is 2. The summed E-state index contributed by atoms with van der Waals surface area (Å²) in [4.78, 5) is 26.1. The van der Waals surface area contributed by atoms with E-state index in [1.54, 1.807) is 0 Å². The zero-order valence-electron chi connectivity index (χ0n) is 14.9. The first kappa shape index (κ1) is 18.6. The zero-order valence-corrected chi connectivity index (χ0v) is 15.7. The molecule has 138 valence electrons. The van der Waals surface area contributed by atoms with Crippen molar-refractivity contribution in [3.63, 3.8) is 0 Å². The van der Waals surface area contributed by atoms with Crippen molar-refractivity contribution in [2.75, 3.05) is 26.3 Å². The number of hydrogen-bond acceptors (Lipinski definition) is 4. The first-order valence-corrected chi connectivity index (χ1v) is 9.83. The topological polar surface area (TPSA) is 67.4 Å². The highest BCUT2D eigenvalue weighted by Gasteiger charge is 2.17. The minimum absolute atomic E-state index is 0.0456. The Morgan fingerprint density at radius 2 is 2.08 bits per heavy atom. The molecule has 0 spiro atoms. The molecule has 2 N–H and O–H groups in total. The van der Waals surface area contributed by atoms with E-state index < -0.39 is 0 Å². The van der Waals surface area contributed by atoms with E-state index >= 15 is 0 Å². The average molecular weight is 372 g/mol. The van der Waals surface area contributed by atoms with Crippen molar-refractivity contribution in [2.45, 2.75) is 19.8 Å². The van der Waals surface area contributed by atoms with E-state index in [4.69, 9.17) is 4.74 Å². The lowest BCUT2D eigenvalue weighted by Crippen LogP contribution is -2.29. The number of nitrogens with one attached hydrogen (secondary N) is 2. The fourth-order valence-electron chi connectivity index (χ4n) is 2.84. The van der Waals surface area contributed by atoms with Gasteiger partial charge in [0.25, 0.3) is 11.8 Å². The summed E-state index contributed by atoms with van der Waals surface area (Å²) in [5.41, 5.74) is 1.58. The van der Waals surface area contributed by atoms with Gasteiger partial charge < -0.3 is 15.4 Å². The van der Waals surface area contributed by atoms with Crippen LogP contribution in [-0.2, 0) is 4.74 Å². The molecule has 0 radical (unpaired) electrons. The molecule has 5 nitrogen and oxygen atoms in total. The third-order valence-corrected chi connectivity index (χ3v) is 5.48. The number of amides is 2. The summed E-state index contributed by atoms with van der Waals surface area (Å²) < 4.78 is 5.34. The maximum atomic E-state index is 12.4. The van der Waals surface area contributed by atoms with Gasteiger partial charge in [0.05, 0.1) is 11.5 Å². The molecule has 26 heavy (non-hydrogen) atoms. The summed E-state index contributed by atoms with van der Waals surface area (Å²) in [6.07, 6.45) is 1.91. The van der Waals surface area contributed by atoms with Gasteiger partial charge in [-0.1, -0.05) is 19.1 Å². The largest absolute Gasteiger partial charge is 0.381 e. The molecule has 0 aliphatic carbocycles.